The highest BCUT2D eigenvalue weighted by molar-refractivity contribution is 9.10. The van der Waals surface area contributed by atoms with Crippen LogP contribution in [-0.2, 0) is 17.8 Å². The van der Waals surface area contributed by atoms with Gasteiger partial charge in [-0.3, -0.25) is 4.79 Å². The van der Waals surface area contributed by atoms with Gasteiger partial charge in [0.1, 0.15) is 18.2 Å². The number of amides is 1. The molecule has 0 unspecified atom stereocenters. The molecule has 3 nitrogen and oxygen atoms in total. The molecule has 2 aromatic carbocycles. The summed E-state index contributed by atoms with van der Waals surface area (Å²) in [7, 11) is 0. The number of nitrogens with one attached hydrogen (secondary N) is 1. The Morgan fingerprint density at radius 3 is 2.86 bits per heavy atom. The molecule has 0 aromatic heterocycles. The lowest BCUT2D eigenvalue weighted by atomic mass is 10.0. The number of rotatable bonds is 3. The maximum Gasteiger partial charge on any atom is 0.224 e. The van der Waals surface area contributed by atoms with Gasteiger partial charge in [-0.2, -0.15) is 0 Å². The molecule has 3 rings (SSSR count). The van der Waals surface area contributed by atoms with Gasteiger partial charge < -0.3 is 10.1 Å². The topological polar surface area (TPSA) is 38.3 Å². The smallest absolute Gasteiger partial charge is 0.224 e. The maximum absolute atomic E-state index is 13.0. The highest BCUT2D eigenvalue weighted by Gasteiger charge is 2.15. The van der Waals surface area contributed by atoms with E-state index < -0.39 is 0 Å². The van der Waals surface area contributed by atoms with Crippen LogP contribution in [0.1, 0.15) is 17.5 Å². The molecule has 1 aliphatic rings. The molecular weight excluding hydrogens is 337 g/mol. The first-order chi connectivity index (χ1) is 10.1. The van der Waals surface area contributed by atoms with Gasteiger partial charge in [0, 0.05) is 22.1 Å². The number of fused-ring (bicyclic) bond motifs is 1. The van der Waals surface area contributed by atoms with Crippen molar-refractivity contribution >= 4 is 27.5 Å². The number of hydrogen-bond donors (Lipinski definition) is 1. The Balaban J connectivity index is 1.72. The maximum atomic E-state index is 13.0. The monoisotopic (exact) mass is 349 g/mol. The molecule has 21 heavy (non-hydrogen) atoms. The van der Waals surface area contributed by atoms with Gasteiger partial charge in [-0.1, -0.05) is 22.0 Å². The molecule has 0 aliphatic carbocycles. The third kappa shape index (κ3) is 3.24. The minimum atomic E-state index is -0.282. The summed E-state index contributed by atoms with van der Waals surface area (Å²) >= 11 is 3.32. The number of aryl methyl sites for hydroxylation is 1. The van der Waals surface area contributed by atoms with E-state index in [1.807, 2.05) is 18.2 Å². The summed E-state index contributed by atoms with van der Waals surface area (Å²) in [5, 5.41) is 2.83. The molecule has 1 heterocycles. The molecule has 5 heteroatoms. The van der Waals surface area contributed by atoms with E-state index in [4.69, 9.17) is 4.74 Å². The van der Waals surface area contributed by atoms with Crippen LogP contribution in [0.25, 0.3) is 0 Å². The Morgan fingerprint density at radius 1 is 1.19 bits per heavy atom. The van der Waals surface area contributed by atoms with Gasteiger partial charge in [0.2, 0.25) is 5.91 Å². The van der Waals surface area contributed by atoms with Crippen LogP contribution in [0, 0.1) is 5.82 Å². The van der Waals surface area contributed by atoms with Crippen LogP contribution in [0.5, 0.6) is 5.75 Å². The molecule has 0 atom stereocenters. The fourth-order valence-electron chi connectivity index (χ4n) is 2.25. The third-order valence-corrected chi connectivity index (χ3v) is 4.12. The zero-order chi connectivity index (χ0) is 14.8. The fraction of sp³-hybridized carbons (Fsp3) is 0.188. The first-order valence-electron chi connectivity index (χ1n) is 6.61. The predicted octanol–water partition coefficient (Wildman–Crippen LogP) is 4.05. The molecule has 0 radical (unpaired) electrons. The van der Waals surface area contributed by atoms with Crippen LogP contribution in [0.3, 0.4) is 0 Å². The zero-order valence-electron chi connectivity index (χ0n) is 11.2. The Labute approximate surface area is 130 Å². The van der Waals surface area contributed by atoms with Crippen LogP contribution >= 0.6 is 15.9 Å². The van der Waals surface area contributed by atoms with Gasteiger partial charge in [-0.25, -0.2) is 4.39 Å². The molecule has 1 amide bonds. The lowest BCUT2D eigenvalue weighted by molar-refractivity contribution is -0.116. The van der Waals surface area contributed by atoms with Crippen LogP contribution < -0.4 is 10.1 Å². The van der Waals surface area contributed by atoms with Crippen molar-refractivity contribution in [3.63, 3.8) is 0 Å². The quantitative estimate of drug-likeness (QED) is 0.907. The van der Waals surface area contributed by atoms with Gasteiger partial charge in [0.05, 0.1) is 0 Å². The van der Waals surface area contributed by atoms with Gasteiger partial charge in [-0.15, -0.1) is 0 Å². The standard InChI is InChI=1S/C16H13BrFNO2/c17-14-8-12(18)3-1-11(14)9-21-13-4-5-15-10(7-13)2-6-16(20)19-15/h1,3-5,7-8H,2,6,9H2,(H,19,20). The van der Waals surface area contributed by atoms with Crippen LogP contribution in [0.4, 0.5) is 10.1 Å². The van der Waals surface area contributed by atoms with Crippen LogP contribution in [-0.4, -0.2) is 5.91 Å². The molecule has 1 N–H and O–H groups in total. The fourth-order valence-corrected chi connectivity index (χ4v) is 2.71. The Hall–Kier alpha value is -1.88. The molecule has 0 fully saturated rings. The summed E-state index contributed by atoms with van der Waals surface area (Å²) in [6.45, 7) is 0.353. The lowest BCUT2D eigenvalue weighted by Gasteiger charge is -2.17. The summed E-state index contributed by atoms with van der Waals surface area (Å²) < 4.78 is 19.5. The van der Waals surface area contributed by atoms with E-state index in [2.05, 4.69) is 21.2 Å². The minimum Gasteiger partial charge on any atom is -0.489 e. The van der Waals surface area contributed by atoms with E-state index in [1.165, 1.54) is 12.1 Å². The van der Waals surface area contributed by atoms with Gasteiger partial charge in [-0.05, 0) is 42.3 Å². The van der Waals surface area contributed by atoms with Gasteiger partial charge in [0.15, 0.2) is 0 Å². The highest BCUT2D eigenvalue weighted by atomic mass is 79.9. The molecule has 108 valence electrons. The van der Waals surface area contributed by atoms with Gasteiger partial charge in [0.25, 0.3) is 0 Å². The summed E-state index contributed by atoms with van der Waals surface area (Å²) in [6, 6.07) is 10.1. The van der Waals surface area contributed by atoms with Crippen molar-refractivity contribution in [3.8, 4) is 5.75 Å². The van der Waals surface area contributed by atoms with E-state index in [0.717, 1.165) is 29.0 Å². The van der Waals surface area contributed by atoms with Crippen molar-refractivity contribution < 1.29 is 13.9 Å². The van der Waals surface area contributed by atoms with Gasteiger partial charge >= 0.3 is 0 Å². The van der Waals surface area contributed by atoms with Crippen molar-refractivity contribution in [2.45, 2.75) is 19.4 Å². The molecule has 2 aromatic rings. The van der Waals surface area contributed by atoms with E-state index in [0.29, 0.717) is 17.5 Å². The highest BCUT2D eigenvalue weighted by Crippen LogP contribution is 2.28. The normalized spacial score (nSPS) is 13.5. The average Bonchev–Trinajstić information content (AvgIpc) is 2.46. The second-order valence-corrected chi connectivity index (χ2v) is 5.75. The molecule has 0 bridgehead atoms. The lowest BCUT2D eigenvalue weighted by Crippen LogP contribution is -2.18. The van der Waals surface area contributed by atoms with E-state index in [9.17, 15) is 9.18 Å². The third-order valence-electron chi connectivity index (χ3n) is 3.38. The SMILES string of the molecule is O=C1CCc2cc(OCc3ccc(F)cc3Br)ccc2N1. The van der Waals surface area contributed by atoms with Crippen LogP contribution in [0.2, 0.25) is 0 Å². The minimum absolute atomic E-state index is 0.0476. The van der Waals surface area contributed by atoms with Crippen molar-refractivity contribution in [1.82, 2.24) is 0 Å². The first-order valence-corrected chi connectivity index (χ1v) is 7.40. The number of hydrogen-bond acceptors (Lipinski definition) is 2. The second-order valence-electron chi connectivity index (χ2n) is 4.89. The van der Waals surface area contributed by atoms with E-state index in [-0.39, 0.29) is 11.7 Å². The Bertz CT molecular complexity index is 703. The van der Waals surface area contributed by atoms with Crippen molar-refractivity contribution in [3.05, 3.63) is 57.8 Å². The summed E-state index contributed by atoms with van der Waals surface area (Å²) in [6.07, 6.45) is 1.22. The van der Waals surface area contributed by atoms with Crippen molar-refractivity contribution in [2.75, 3.05) is 5.32 Å². The predicted molar refractivity (Wildman–Crippen MR) is 81.8 cm³/mol. The Kier molecular flexibility index (Phi) is 3.92. The van der Waals surface area contributed by atoms with E-state index in [1.54, 1.807) is 6.07 Å². The Morgan fingerprint density at radius 2 is 2.05 bits per heavy atom. The molecule has 0 saturated carbocycles. The summed E-state index contributed by atoms with van der Waals surface area (Å²) in [5.74, 6) is 0.502. The number of halogens is 2. The largest absolute Gasteiger partial charge is 0.489 e. The van der Waals surface area contributed by atoms with Crippen molar-refractivity contribution in [2.24, 2.45) is 0 Å². The van der Waals surface area contributed by atoms with E-state index >= 15 is 0 Å². The zero-order valence-corrected chi connectivity index (χ0v) is 12.7. The molecule has 0 saturated heterocycles. The number of carbonyl (C=O) groups excluding carboxylic acids is 1. The number of benzene rings is 2. The summed E-state index contributed by atoms with van der Waals surface area (Å²) in [5.41, 5.74) is 2.80. The first kappa shape index (κ1) is 14.1. The van der Waals surface area contributed by atoms with Crippen molar-refractivity contribution in [1.29, 1.82) is 0 Å². The second kappa shape index (κ2) is 5.85. The van der Waals surface area contributed by atoms with Crippen LogP contribution in [0.15, 0.2) is 40.9 Å². The number of carbonyl (C=O) groups is 1. The average molecular weight is 350 g/mol. The molecular formula is C16H13BrFNO2. The molecule has 0 spiro atoms. The number of anilines is 1. The molecule has 1 aliphatic heterocycles. The number of ether oxygens (including phenoxy) is 1. The summed E-state index contributed by atoms with van der Waals surface area (Å²) in [4.78, 5) is 11.3.